The van der Waals surface area contributed by atoms with Crippen LogP contribution in [0.25, 0.3) is 6.08 Å². The van der Waals surface area contributed by atoms with Gasteiger partial charge in [0.15, 0.2) is 12.4 Å². The maximum atomic E-state index is 10.7. The molecule has 0 aliphatic heterocycles. The van der Waals surface area contributed by atoms with Crippen LogP contribution in [0, 0.1) is 11.3 Å². The predicted octanol–water partition coefficient (Wildman–Crippen LogP) is 2.19. The second-order valence-electron chi connectivity index (χ2n) is 2.96. The summed E-state index contributed by atoms with van der Waals surface area (Å²) < 4.78 is 5.08. The van der Waals surface area contributed by atoms with Crippen LogP contribution in [0.15, 0.2) is 30.3 Å². The van der Waals surface area contributed by atoms with Gasteiger partial charge in [-0.2, -0.15) is 5.26 Å². The van der Waals surface area contributed by atoms with Gasteiger partial charge >= 0.3 is 0 Å². The molecule has 0 aliphatic rings. The van der Waals surface area contributed by atoms with Crippen LogP contribution >= 0.6 is 0 Å². The maximum Gasteiger partial charge on any atom is 0.174 e. The molecule has 0 unspecified atom stereocenters. The zero-order valence-electron chi connectivity index (χ0n) is 8.43. The van der Waals surface area contributed by atoms with Crippen LogP contribution in [0.2, 0.25) is 0 Å². The second-order valence-corrected chi connectivity index (χ2v) is 2.96. The highest BCUT2D eigenvalue weighted by Gasteiger charge is 1.92. The number of ketones is 1. The highest BCUT2D eigenvalue weighted by Crippen LogP contribution is 2.12. The Kier molecular flexibility index (Phi) is 4.11. The standard InChI is InChI=1S/C12H11NO2/c1-10(14)2-3-11-4-6-12(7-5-11)15-9-8-13/h2-7H,9H2,1H3. The number of nitriles is 1. The number of benzene rings is 1. The Morgan fingerprint density at radius 2 is 2.13 bits per heavy atom. The van der Waals surface area contributed by atoms with Crippen LogP contribution < -0.4 is 4.74 Å². The molecule has 1 aromatic carbocycles. The smallest absolute Gasteiger partial charge is 0.174 e. The van der Waals surface area contributed by atoms with Crippen molar-refractivity contribution in [2.45, 2.75) is 6.92 Å². The molecule has 3 nitrogen and oxygen atoms in total. The van der Waals surface area contributed by atoms with Crippen LogP contribution in [-0.4, -0.2) is 12.4 Å². The number of carbonyl (C=O) groups is 1. The second kappa shape index (κ2) is 5.61. The van der Waals surface area contributed by atoms with E-state index in [4.69, 9.17) is 10.00 Å². The lowest BCUT2D eigenvalue weighted by Gasteiger charge is -2.00. The molecule has 0 amide bonds. The van der Waals surface area contributed by atoms with Gasteiger partial charge in [0.05, 0.1) is 0 Å². The average molecular weight is 201 g/mol. The third-order valence-electron chi connectivity index (χ3n) is 1.69. The summed E-state index contributed by atoms with van der Waals surface area (Å²) in [5.74, 6) is 0.663. The average Bonchev–Trinajstić information content (AvgIpc) is 2.25. The molecule has 0 spiro atoms. The molecule has 3 heteroatoms. The number of carbonyl (C=O) groups excluding carboxylic acids is 1. The molecule has 0 saturated carbocycles. The summed E-state index contributed by atoms with van der Waals surface area (Å²) in [5.41, 5.74) is 0.925. The molecular formula is C12H11NO2. The molecule has 0 aliphatic carbocycles. The largest absolute Gasteiger partial charge is 0.479 e. The Morgan fingerprint density at radius 3 is 2.67 bits per heavy atom. The normalized spacial score (nSPS) is 9.87. The first-order chi connectivity index (χ1) is 7.22. The van der Waals surface area contributed by atoms with Crippen molar-refractivity contribution in [1.29, 1.82) is 5.26 Å². The Labute approximate surface area is 88.6 Å². The van der Waals surface area contributed by atoms with Crippen molar-refractivity contribution < 1.29 is 9.53 Å². The molecule has 1 aromatic rings. The topological polar surface area (TPSA) is 50.1 Å². The quantitative estimate of drug-likeness (QED) is 0.701. The van der Waals surface area contributed by atoms with Crippen molar-refractivity contribution in [2.24, 2.45) is 0 Å². The van der Waals surface area contributed by atoms with Crippen LogP contribution in [0.3, 0.4) is 0 Å². The number of ether oxygens (including phenoxy) is 1. The predicted molar refractivity (Wildman–Crippen MR) is 57.3 cm³/mol. The first kappa shape index (κ1) is 11.0. The van der Waals surface area contributed by atoms with Crippen LogP contribution in [0.1, 0.15) is 12.5 Å². The number of rotatable bonds is 4. The van der Waals surface area contributed by atoms with Gasteiger partial charge in [-0.05, 0) is 30.7 Å². The van der Waals surface area contributed by atoms with Gasteiger partial charge in [-0.3, -0.25) is 4.79 Å². The van der Waals surface area contributed by atoms with Crippen molar-refractivity contribution >= 4 is 11.9 Å². The lowest BCUT2D eigenvalue weighted by Crippen LogP contribution is -1.92. The fraction of sp³-hybridized carbons (Fsp3) is 0.167. The van der Waals surface area contributed by atoms with E-state index in [0.717, 1.165) is 5.56 Å². The van der Waals surface area contributed by atoms with Crippen molar-refractivity contribution in [3.05, 3.63) is 35.9 Å². The Hall–Kier alpha value is -2.08. The molecule has 1 rings (SSSR count). The lowest BCUT2D eigenvalue weighted by molar-refractivity contribution is -0.112. The van der Waals surface area contributed by atoms with Gasteiger partial charge in [0, 0.05) is 0 Å². The van der Waals surface area contributed by atoms with Gasteiger partial charge < -0.3 is 4.74 Å². The number of nitrogens with zero attached hydrogens (tertiary/aromatic N) is 1. The molecule has 0 saturated heterocycles. The van der Waals surface area contributed by atoms with Crippen molar-refractivity contribution in [2.75, 3.05) is 6.61 Å². The summed E-state index contributed by atoms with van der Waals surface area (Å²) in [6.07, 6.45) is 3.24. The van der Waals surface area contributed by atoms with Crippen LogP contribution in [0.5, 0.6) is 5.75 Å². The van der Waals surface area contributed by atoms with Gasteiger partial charge in [0.1, 0.15) is 11.8 Å². The van der Waals surface area contributed by atoms with E-state index in [1.807, 2.05) is 18.2 Å². The van der Waals surface area contributed by atoms with Crippen molar-refractivity contribution in [3.8, 4) is 11.8 Å². The minimum absolute atomic E-state index is 0.0137. The Bertz CT molecular complexity index is 399. The van der Waals surface area contributed by atoms with Gasteiger partial charge in [0.2, 0.25) is 0 Å². The summed E-state index contributed by atoms with van der Waals surface area (Å²) in [5, 5.41) is 8.30. The van der Waals surface area contributed by atoms with Crippen LogP contribution in [-0.2, 0) is 4.79 Å². The zero-order valence-corrected chi connectivity index (χ0v) is 8.43. The molecule has 0 atom stereocenters. The summed E-state index contributed by atoms with van der Waals surface area (Å²) in [6.45, 7) is 1.55. The molecule has 76 valence electrons. The highest BCUT2D eigenvalue weighted by molar-refractivity contribution is 5.91. The lowest BCUT2D eigenvalue weighted by atomic mass is 10.2. The minimum Gasteiger partial charge on any atom is -0.479 e. The van der Waals surface area contributed by atoms with E-state index in [1.165, 1.54) is 13.0 Å². The summed E-state index contributed by atoms with van der Waals surface area (Å²) in [4.78, 5) is 10.7. The molecule has 0 heterocycles. The highest BCUT2D eigenvalue weighted by atomic mass is 16.5. The van der Waals surface area contributed by atoms with E-state index in [2.05, 4.69) is 0 Å². The van der Waals surface area contributed by atoms with E-state index in [0.29, 0.717) is 5.75 Å². The maximum absolute atomic E-state index is 10.7. The van der Waals surface area contributed by atoms with E-state index in [1.54, 1.807) is 18.2 Å². The molecule has 0 radical (unpaired) electrons. The van der Waals surface area contributed by atoms with Gasteiger partial charge in [-0.25, -0.2) is 0 Å². The number of hydrogen-bond acceptors (Lipinski definition) is 3. The third-order valence-corrected chi connectivity index (χ3v) is 1.69. The third kappa shape index (κ3) is 4.10. The van der Waals surface area contributed by atoms with Crippen molar-refractivity contribution in [3.63, 3.8) is 0 Å². The number of allylic oxidation sites excluding steroid dienone is 1. The van der Waals surface area contributed by atoms with Crippen molar-refractivity contribution in [1.82, 2.24) is 0 Å². The molecule has 0 aromatic heterocycles. The Morgan fingerprint density at radius 1 is 1.47 bits per heavy atom. The first-order valence-electron chi connectivity index (χ1n) is 4.51. The summed E-state index contributed by atoms with van der Waals surface area (Å²) >= 11 is 0. The molecule has 0 N–H and O–H groups in total. The van der Waals surface area contributed by atoms with Gasteiger partial charge in [-0.1, -0.05) is 18.2 Å². The van der Waals surface area contributed by atoms with Gasteiger partial charge in [-0.15, -0.1) is 0 Å². The SMILES string of the molecule is CC(=O)C=Cc1ccc(OCC#N)cc1. The first-order valence-corrected chi connectivity index (χ1v) is 4.51. The molecular weight excluding hydrogens is 190 g/mol. The minimum atomic E-state index is 0.0137. The van der Waals surface area contributed by atoms with Crippen LogP contribution in [0.4, 0.5) is 0 Å². The fourth-order valence-electron chi connectivity index (χ4n) is 1.00. The Balaban J connectivity index is 2.64. The van der Waals surface area contributed by atoms with E-state index < -0.39 is 0 Å². The summed E-state index contributed by atoms with van der Waals surface area (Å²) in [6, 6.07) is 9.06. The monoisotopic (exact) mass is 201 g/mol. The fourth-order valence-corrected chi connectivity index (χ4v) is 1.00. The molecule has 0 fully saturated rings. The number of hydrogen-bond donors (Lipinski definition) is 0. The van der Waals surface area contributed by atoms with Gasteiger partial charge in [0.25, 0.3) is 0 Å². The zero-order chi connectivity index (χ0) is 11.1. The van der Waals surface area contributed by atoms with E-state index >= 15 is 0 Å². The molecule has 0 bridgehead atoms. The van der Waals surface area contributed by atoms with E-state index in [-0.39, 0.29) is 12.4 Å². The molecule has 15 heavy (non-hydrogen) atoms. The van der Waals surface area contributed by atoms with E-state index in [9.17, 15) is 4.79 Å². The summed E-state index contributed by atoms with van der Waals surface area (Å²) in [7, 11) is 0.